The highest BCUT2D eigenvalue weighted by Crippen LogP contribution is 2.26. The van der Waals surface area contributed by atoms with Gasteiger partial charge in [-0.05, 0) is 44.0 Å². The van der Waals surface area contributed by atoms with E-state index >= 15 is 0 Å². The van der Waals surface area contributed by atoms with Gasteiger partial charge < -0.3 is 5.32 Å². The molecule has 1 aliphatic heterocycles. The Morgan fingerprint density at radius 2 is 1.91 bits per heavy atom. The summed E-state index contributed by atoms with van der Waals surface area (Å²) in [5.74, 6) is -0.300. The summed E-state index contributed by atoms with van der Waals surface area (Å²) >= 11 is 0. The molecule has 0 saturated carbocycles. The number of nitrogens with zero attached hydrogens (tertiary/aromatic N) is 1. The highest BCUT2D eigenvalue weighted by Gasteiger charge is 2.25. The van der Waals surface area contributed by atoms with Crippen LogP contribution in [0.3, 0.4) is 0 Å². The third-order valence-electron chi connectivity index (χ3n) is 4.32. The third kappa shape index (κ3) is 5.62. The molecule has 1 unspecified atom stereocenters. The molecule has 1 aromatic carbocycles. The van der Waals surface area contributed by atoms with E-state index in [1.807, 2.05) is 12.1 Å². The van der Waals surface area contributed by atoms with Gasteiger partial charge in [-0.3, -0.25) is 9.69 Å². The zero-order chi connectivity index (χ0) is 16.9. The Kier molecular flexibility index (Phi) is 6.18. The van der Waals surface area contributed by atoms with Crippen molar-refractivity contribution in [3.05, 3.63) is 35.4 Å². The van der Waals surface area contributed by atoms with Gasteiger partial charge in [0, 0.05) is 19.2 Å². The first kappa shape index (κ1) is 17.9. The van der Waals surface area contributed by atoms with Gasteiger partial charge in [-0.15, -0.1) is 0 Å². The second-order valence-electron chi connectivity index (χ2n) is 6.30. The van der Waals surface area contributed by atoms with Crippen LogP contribution in [-0.2, 0) is 14.6 Å². The lowest BCUT2D eigenvalue weighted by molar-refractivity contribution is -0.120. The summed E-state index contributed by atoms with van der Waals surface area (Å²) in [5.41, 5.74) is 2.45. The number of carbonyl (C=O) groups is 1. The van der Waals surface area contributed by atoms with E-state index in [1.165, 1.54) is 24.0 Å². The zero-order valence-electron chi connectivity index (χ0n) is 13.9. The van der Waals surface area contributed by atoms with Crippen molar-refractivity contribution in [3.63, 3.8) is 0 Å². The molecular weight excluding hydrogens is 312 g/mol. The maximum absolute atomic E-state index is 11.9. The molecule has 128 valence electrons. The maximum atomic E-state index is 11.9. The number of carbonyl (C=O) groups excluding carboxylic acids is 1. The predicted molar refractivity (Wildman–Crippen MR) is 92.1 cm³/mol. The van der Waals surface area contributed by atoms with E-state index < -0.39 is 9.84 Å². The number of hydrogen-bond donors (Lipinski definition) is 1. The topological polar surface area (TPSA) is 66.5 Å². The molecule has 1 aliphatic rings. The summed E-state index contributed by atoms with van der Waals surface area (Å²) in [6.07, 6.45) is 3.55. The molecule has 1 fully saturated rings. The van der Waals surface area contributed by atoms with Gasteiger partial charge in [-0.2, -0.15) is 0 Å². The van der Waals surface area contributed by atoms with E-state index in [-0.39, 0.29) is 24.1 Å². The molecule has 1 amide bonds. The van der Waals surface area contributed by atoms with Crippen molar-refractivity contribution in [2.75, 3.05) is 31.6 Å². The molecule has 1 aromatic rings. The Labute approximate surface area is 139 Å². The van der Waals surface area contributed by atoms with Gasteiger partial charge in [0.2, 0.25) is 5.91 Å². The van der Waals surface area contributed by atoms with Crippen molar-refractivity contribution in [1.29, 1.82) is 0 Å². The van der Waals surface area contributed by atoms with Crippen LogP contribution in [0.1, 0.15) is 36.4 Å². The predicted octanol–water partition coefficient (Wildman–Crippen LogP) is 1.68. The van der Waals surface area contributed by atoms with E-state index in [9.17, 15) is 13.2 Å². The molecule has 1 heterocycles. The van der Waals surface area contributed by atoms with E-state index in [2.05, 4.69) is 29.3 Å². The smallest absolute Gasteiger partial charge is 0.221 e. The fourth-order valence-corrected chi connectivity index (χ4v) is 3.58. The molecule has 0 aliphatic carbocycles. The summed E-state index contributed by atoms with van der Waals surface area (Å²) in [4.78, 5) is 14.3. The molecule has 0 spiro atoms. The van der Waals surface area contributed by atoms with Gasteiger partial charge in [0.05, 0.1) is 11.8 Å². The molecule has 1 N–H and O–H groups in total. The third-order valence-corrected chi connectivity index (χ3v) is 5.27. The monoisotopic (exact) mass is 338 g/mol. The quantitative estimate of drug-likeness (QED) is 0.821. The number of sulfone groups is 1. The van der Waals surface area contributed by atoms with E-state index in [1.54, 1.807) is 0 Å². The van der Waals surface area contributed by atoms with E-state index in [0.717, 1.165) is 19.3 Å². The van der Waals surface area contributed by atoms with Crippen molar-refractivity contribution < 1.29 is 13.2 Å². The molecule has 1 saturated heterocycles. The van der Waals surface area contributed by atoms with Gasteiger partial charge in [-0.1, -0.05) is 24.3 Å². The average Bonchev–Trinajstić information content (AvgIpc) is 3.00. The number of hydrogen-bond acceptors (Lipinski definition) is 4. The van der Waals surface area contributed by atoms with Crippen molar-refractivity contribution in [2.45, 2.75) is 32.2 Å². The normalized spacial score (nSPS) is 17.1. The Morgan fingerprint density at radius 3 is 2.52 bits per heavy atom. The molecule has 0 bridgehead atoms. The first-order valence-corrected chi connectivity index (χ1v) is 10.2. The minimum Gasteiger partial charge on any atom is -0.354 e. The summed E-state index contributed by atoms with van der Waals surface area (Å²) in [7, 11) is -3.10. The molecule has 5 nitrogen and oxygen atoms in total. The van der Waals surface area contributed by atoms with Crippen molar-refractivity contribution in [2.24, 2.45) is 0 Å². The molecule has 6 heteroatoms. The van der Waals surface area contributed by atoms with E-state index in [0.29, 0.717) is 6.54 Å². The fraction of sp³-hybridized carbons (Fsp3) is 0.588. The first-order chi connectivity index (χ1) is 10.9. The number of benzene rings is 1. The molecule has 1 atom stereocenters. The second-order valence-corrected chi connectivity index (χ2v) is 8.56. The summed E-state index contributed by atoms with van der Waals surface area (Å²) in [6.45, 7) is 4.69. The van der Waals surface area contributed by atoms with Crippen LogP contribution in [0.15, 0.2) is 24.3 Å². The van der Waals surface area contributed by atoms with Gasteiger partial charge in [-0.25, -0.2) is 8.42 Å². The molecular formula is C17H26N2O3S. The number of nitrogens with one attached hydrogen (secondary N) is 1. The Morgan fingerprint density at radius 1 is 1.26 bits per heavy atom. The van der Waals surface area contributed by atoms with Crippen LogP contribution in [0, 0.1) is 6.92 Å². The molecule has 2 rings (SSSR count). The van der Waals surface area contributed by atoms with E-state index in [4.69, 9.17) is 0 Å². The van der Waals surface area contributed by atoms with Gasteiger partial charge in [0.1, 0.15) is 9.84 Å². The zero-order valence-corrected chi connectivity index (χ0v) is 14.7. The van der Waals surface area contributed by atoms with Crippen LogP contribution in [-0.4, -0.2) is 50.9 Å². The number of aryl methyl sites for hydroxylation is 1. The number of amides is 1. The van der Waals surface area contributed by atoms with Crippen molar-refractivity contribution in [1.82, 2.24) is 10.2 Å². The largest absolute Gasteiger partial charge is 0.354 e. The summed E-state index contributed by atoms with van der Waals surface area (Å²) in [6, 6.07) is 8.40. The standard InChI is InChI=1S/C17H26N2O3S/c1-14-7-3-4-8-15(14)16(19-10-5-6-11-19)13-18-17(20)9-12-23(2,21)22/h3-4,7-8,16H,5-6,9-13H2,1-2H3,(H,18,20). The van der Waals surface area contributed by atoms with Crippen molar-refractivity contribution >= 4 is 15.7 Å². The average molecular weight is 338 g/mol. The lowest BCUT2D eigenvalue weighted by Gasteiger charge is -2.29. The Balaban J connectivity index is 2.01. The first-order valence-electron chi connectivity index (χ1n) is 8.11. The van der Waals surface area contributed by atoms with Gasteiger partial charge in [0.25, 0.3) is 0 Å². The van der Waals surface area contributed by atoms with Crippen LogP contribution < -0.4 is 5.32 Å². The Bertz CT molecular complexity index is 637. The van der Waals surface area contributed by atoms with Crippen LogP contribution >= 0.6 is 0 Å². The maximum Gasteiger partial charge on any atom is 0.221 e. The SMILES string of the molecule is Cc1ccccc1C(CNC(=O)CCS(C)(=O)=O)N1CCCC1. The lowest BCUT2D eigenvalue weighted by Crippen LogP contribution is -2.37. The second kappa shape index (κ2) is 7.93. The lowest BCUT2D eigenvalue weighted by atomic mass is 10.00. The molecule has 0 aromatic heterocycles. The number of likely N-dealkylation sites (tertiary alicyclic amines) is 1. The van der Waals surface area contributed by atoms with Crippen LogP contribution in [0.5, 0.6) is 0 Å². The van der Waals surface area contributed by atoms with Crippen LogP contribution in [0.2, 0.25) is 0 Å². The molecule has 23 heavy (non-hydrogen) atoms. The van der Waals surface area contributed by atoms with Gasteiger partial charge in [0.15, 0.2) is 0 Å². The van der Waals surface area contributed by atoms with Crippen molar-refractivity contribution in [3.8, 4) is 0 Å². The fourth-order valence-electron chi connectivity index (χ4n) is 3.03. The summed E-state index contributed by atoms with van der Waals surface area (Å²) < 4.78 is 22.3. The van der Waals surface area contributed by atoms with Crippen LogP contribution in [0.4, 0.5) is 0 Å². The minimum atomic E-state index is -3.10. The highest BCUT2D eigenvalue weighted by atomic mass is 32.2. The van der Waals surface area contributed by atoms with Gasteiger partial charge >= 0.3 is 0 Å². The number of rotatable bonds is 7. The Hall–Kier alpha value is -1.40. The molecule has 0 radical (unpaired) electrons. The summed E-state index contributed by atoms with van der Waals surface area (Å²) in [5, 5.41) is 2.91. The minimum absolute atomic E-state index is 0.0271. The highest BCUT2D eigenvalue weighted by molar-refractivity contribution is 7.90. The van der Waals surface area contributed by atoms with Crippen LogP contribution in [0.25, 0.3) is 0 Å².